The molecule has 2 heterocycles. The lowest BCUT2D eigenvalue weighted by molar-refractivity contribution is 0.119. The standard InChI is InChI=1S/C16H28N4O2S/c1-12(2)20(10-13(3)21)15(22)17-7-6-14-11-23-16(18-14)19-8-4-5-9-19/h11-13,21H,4-10H2,1-3H3,(H,17,22). The molecular formula is C16H28N4O2S. The molecule has 1 saturated heterocycles. The molecule has 2 N–H and O–H groups in total. The topological polar surface area (TPSA) is 68.7 Å². The molecule has 0 radical (unpaired) electrons. The number of aliphatic hydroxyl groups is 1. The summed E-state index contributed by atoms with van der Waals surface area (Å²) in [5.41, 5.74) is 1.03. The van der Waals surface area contributed by atoms with Crippen LogP contribution in [0, 0.1) is 0 Å². The molecule has 2 amide bonds. The van der Waals surface area contributed by atoms with Gasteiger partial charge in [0.15, 0.2) is 5.13 Å². The van der Waals surface area contributed by atoms with Gasteiger partial charge in [-0.15, -0.1) is 11.3 Å². The molecule has 130 valence electrons. The van der Waals surface area contributed by atoms with E-state index in [1.807, 2.05) is 13.8 Å². The number of hydrogen-bond donors (Lipinski definition) is 2. The number of aromatic nitrogens is 1. The summed E-state index contributed by atoms with van der Waals surface area (Å²) < 4.78 is 0. The summed E-state index contributed by atoms with van der Waals surface area (Å²) in [6, 6.07) is -0.0680. The Hall–Kier alpha value is -1.34. The highest BCUT2D eigenvalue weighted by atomic mass is 32.1. The molecule has 1 aromatic rings. The number of nitrogens with zero attached hydrogens (tertiary/aromatic N) is 3. The number of rotatable bonds is 7. The van der Waals surface area contributed by atoms with Gasteiger partial charge in [-0.05, 0) is 33.6 Å². The first-order chi connectivity index (χ1) is 11.0. The lowest BCUT2D eigenvalue weighted by Gasteiger charge is -2.28. The fourth-order valence-corrected chi connectivity index (χ4v) is 3.59. The number of carbonyl (C=O) groups is 1. The van der Waals surface area contributed by atoms with E-state index in [-0.39, 0.29) is 12.1 Å². The third kappa shape index (κ3) is 5.35. The largest absolute Gasteiger partial charge is 0.392 e. The molecule has 1 unspecified atom stereocenters. The van der Waals surface area contributed by atoms with Gasteiger partial charge in [-0.3, -0.25) is 0 Å². The predicted molar refractivity (Wildman–Crippen MR) is 94.2 cm³/mol. The van der Waals surface area contributed by atoms with E-state index < -0.39 is 6.10 Å². The van der Waals surface area contributed by atoms with Gasteiger partial charge in [-0.25, -0.2) is 9.78 Å². The van der Waals surface area contributed by atoms with Gasteiger partial charge in [-0.2, -0.15) is 0 Å². The molecule has 0 saturated carbocycles. The number of carbonyl (C=O) groups excluding carboxylic acids is 1. The Morgan fingerprint density at radius 2 is 2.13 bits per heavy atom. The van der Waals surface area contributed by atoms with Crippen molar-refractivity contribution in [1.29, 1.82) is 0 Å². The summed E-state index contributed by atoms with van der Waals surface area (Å²) in [4.78, 5) is 20.8. The molecule has 0 bridgehead atoms. The zero-order valence-electron chi connectivity index (χ0n) is 14.3. The van der Waals surface area contributed by atoms with Gasteiger partial charge in [0.25, 0.3) is 0 Å². The van der Waals surface area contributed by atoms with E-state index in [1.165, 1.54) is 12.8 Å². The Balaban J connectivity index is 1.78. The minimum absolute atomic E-state index is 0.0608. The Morgan fingerprint density at radius 3 is 2.74 bits per heavy atom. The fraction of sp³-hybridized carbons (Fsp3) is 0.750. The van der Waals surface area contributed by atoms with E-state index in [0.29, 0.717) is 13.1 Å². The van der Waals surface area contributed by atoms with E-state index in [9.17, 15) is 9.90 Å². The highest BCUT2D eigenvalue weighted by molar-refractivity contribution is 7.13. The van der Waals surface area contributed by atoms with Crippen molar-refractivity contribution in [2.75, 3.05) is 31.1 Å². The first-order valence-corrected chi connectivity index (χ1v) is 9.27. The molecule has 0 aromatic carbocycles. The van der Waals surface area contributed by atoms with E-state index in [4.69, 9.17) is 0 Å². The number of anilines is 1. The molecule has 1 fully saturated rings. The summed E-state index contributed by atoms with van der Waals surface area (Å²) in [6.07, 6.45) is 2.71. The molecule has 1 aliphatic rings. The molecule has 6 nitrogen and oxygen atoms in total. The molecule has 7 heteroatoms. The van der Waals surface area contributed by atoms with Crippen LogP contribution in [-0.4, -0.2) is 59.3 Å². The van der Waals surface area contributed by atoms with Crippen molar-refractivity contribution in [3.8, 4) is 0 Å². The van der Waals surface area contributed by atoms with Crippen molar-refractivity contribution < 1.29 is 9.90 Å². The molecule has 1 atom stereocenters. The van der Waals surface area contributed by atoms with E-state index in [0.717, 1.165) is 30.3 Å². The minimum Gasteiger partial charge on any atom is -0.392 e. The van der Waals surface area contributed by atoms with Gasteiger partial charge in [-0.1, -0.05) is 0 Å². The van der Waals surface area contributed by atoms with Crippen molar-refractivity contribution in [2.24, 2.45) is 0 Å². The maximum absolute atomic E-state index is 12.2. The number of nitrogens with one attached hydrogen (secondary N) is 1. The third-order valence-corrected chi connectivity index (χ3v) is 4.87. The van der Waals surface area contributed by atoms with Crippen LogP contribution in [-0.2, 0) is 6.42 Å². The Labute approximate surface area is 142 Å². The number of thiazole rings is 1. The second-order valence-electron chi connectivity index (χ2n) is 6.39. The van der Waals surface area contributed by atoms with Crippen molar-refractivity contribution in [2.45, 2.75) is 52.2 Å². The summed E-state index contributed by atoms with van der Waals surface area (Å²) in [5, 5.41) is 15.6. The van der Waals surface area contributed by atoms with Crippen LogP contribution in [0.4, 0.5) is 9.93 Å². The normalized spacial score (nSPS) is 16.0. The first-order valence-electron chi connectivity index (χ1n) is 8.39. The highest BCUT2D eigenvalue weighted by Crippen LogP contribution is 2.24. The van der Waals surface area contributed by atoms with Crippen molar-refractivity contribution >= 4 is 22.5 Å². The number of hydrogen-bond acceptors (Lipinski definition) is 5. The second kappa shape index (κ2) is 8.49. The van der Waals surface area contributed by atoms with Crippen molar-refractivity contribution in [1.82, 2.24) is 15.2 Å². The lowest BCUT2D eigenvalue weighted by Crippen LogP contribution is -2.47. The van der Waals surface area contributed by atoms with Crippen LogP contribution in [0.2, 0.25) is 0 Å². The van der Waals surface area contributed by atoms with Crippen LogP contribution in [0.5, 0.6) is 0 Å². The van der Waals surface area contributed by atoms with Gasteiger partial charge >= 0.3 is 6.03 Å². The maximum Gasteiger partial charge on any atom is 0.317 e. The third-order valence-electron chi connectivity index (χ3n) is 3.92. The van der Waals surface area contributed by atoms with Crippen LogP contribution in [0.25, 0.3) is 0 Å². The Kier molecular flexibility index (Phi) is 6.65. The second-order valence-corrected chi connectivity index (χ2v) is 7.23. The van der Waals surface area contributed by atoms with E-state index in [1.54, 1.807) is 23.2 Å². The molecular weight excluding hydrogens is 312 g/mol. The summed E-state index contributed by atoms with van der Waals surface area (Å²) >= 11 is 1.68. The van der Waals surface area contributed by atoms with Crippen LogP contribution in [0.1, 0.15) is 39.3 Å². The Bertz CT molecular complexity index is 498. The van der Waals surface area contributed by atoms with Crippen LogP contribution >= 0.6 is 11.3 Å². The fourth-order valence-electron chi connectivity index (χ4n) is 2.68. The smallest absolute Gasteiger partial charge is 0.317 e. The van der Waals surface area contributed by atoms with Gasteiger partial charge < -0.3 is 20.2 Å². The Morgan fingerprint density at radius 1 is 1.43 bits per heavy atom. The molecule has 1 aromatic heterocycles. The average Bonchev–Trinajstić information content (AvgIpc) is 3.14. The monoisotopic (exact) mass is 340 g/mol. The van der Waals surface area contributed by atoms with Gasteiger partial charge in [0.05, 0.1) is 11.8 Å². The maximum atomic E-state index is 12.2. The molecule has 0 aliphatic carbocycles. The van der Waals surface area contributed by atoms with Crippen molar-refractivity contribution in [3.05, 3.63) is 11.1 Å². The molecule has 1 aliphatic heterocycles. The van der Waals surface area contributed by atoms with Crippen LogP contribution in [0.15, 0.2) is 5.38 Å². The van der Waals surface area contributed by atoms with Gasteiger partial charge in [0.1, 0.15) is 0 Å². The lowest BCUT2D eigenvalue weighted by atomic mass is 10.3. The van der Waals surface area contributed by atoms with Gasteiger partial charge in [0.2, 0.25) is 0 Å². The summed E-state index contributed by atoms with van der Waals surface area (Å²) in [5.74, 6) is 0. The number of amides is 2. The van der Waals surface area contributed by atoms with Crippen molar-refractivity contribution in [3.63, 3.8) is 0 Å². The zero-order chi connectivity index (χ0) is 16.8. The number of aliphatic hydroxyl groups excluding tert-OH is 1. The minimum atomic E-state index is -0.523. The van der Waals surface area contributed by atoms with Gasteiger partial charge in [0, 0.05) is 44.0 Å². The first kappa shape index (κ1) is 18.0. The highest BCUT2D eigenvalue weighted by Gasteiger charge is 2.19. The molecule has 23 heavy (non-hydrogen) atoms. The summed E-state index contributed by atoms with van der Waals surface area (Å²) in [6.45, 7) is 8.70. The molecule has 2 rings (SSSR count). The predicted octanol–water partition coefficient (Wildman–Crippen LogP) is 2.09. The zero-order valence-corrected chi connectivity index (χ0v) is 15.1. The average molecular weight is 340 g/mol. The van der Waals surface area contributed by atoms with E-state index in [2.05, 4.69) is 20.6 Å². The summed E-state index contributed by atoms with van der Waals surface area (Å²) in [7, 11) is 0. The number of urea groups is 1. The van der Waals surface area contributed by atoms with E-state index >= 15 is 0 Å². The SMILES string of the molecule is CC(O)CN(C(=O)NCCc1csc(N2CCCC2)n1)C(C)C. The molecule has 0 spiro atoms. The quantitative estimate of drug-likeness (QED) is 0.797. The van der Waals surface area contributed by atoms with Crippen LogP contribution in [0.3, 0.4) is 0 Å². The van der Waals surface area contributed by atoms with Crippen LogP contribution < -0.4 is 10.2 Å².